The van der Waals surface area contributed by atoms with Gasteiger partial charge >= 0.3 is 0 Å². The van der Waals surface area contributed by atoms with Crippen molar-refractivity contribution in [1.29, 1.82) is 0 Å². The Kier molecular flexibility index (Phi) is 1.78. The first kappa shape index (κ1) is 8.24. The minimum atomic E-state index is 1.13. The summed E-state index contributed by atoms with van der Waals surface area (Å²) in [5.74, 6) is 0. The third-order valence-electron chi connectivity index (χ3n) is 2.48. The molecule has 2 heterocycles. The van der Waals surface area contributed by atoms with Gasteiger partial charge in [0.05, 0.1) is 5.52 Å². The summed E-state index contributed by atoms with van der Waals surface area (Å²) in [5, 5.41) is 1.20. The molecule has 0 amide bonds. The number of fused-ring (bicyclic) bond motifs is 1. The van der Waals surface area contributed by atoms with Crippen molar-refractivity contribution in [1.82, 2.24) is 9.55 Å². The van der Waals surface area contributed by atoms with E-state index in [2.05, 4.69) is 33.9 Å². The zero-order valence-electron chi connectivity index (χ0n) is 8.09. The minimum Gasteiger partial charge on any atom is -0.316 e. The molecular weight excluding hydrogens is 184 g/mol. The predicted octanol–water partition coefficient (Wildman–Crippen LogP) is 2.83. The lowest BCUT2D eigenvalue weighted by atomic mass is 10.2. The highest BCUT2D eigenvalue weighted by Gasteiger charge is 2.00. The summed E-state index contributed by atoms with van der Waals surface area (Å²) in [6, 6.07) is 15.1. The normalized spacial score (nSPS) is 10.7. The molecule has 0 aliphatic carbocycles. The van der Waals surface area contributed by atoms with Gasteiger partial charge in [-0.15, -0.1) is 0 Å². The van der Waals surface area contributed by atoms with Crippen LogP contribution in [-0.2, 0) is 0 Å². The maximum absolute atomic E-state index is 4.02. The largest absolute Gasteiger partial charge is 0.316 e. The first-order chi connectivity index (χ1) is 7.45. The predicted molar refractivity (Wildman–Crippen MR) is 59.9 cm³/mol. The van der Waals surface area contributed by atoms with Gasteiger partial charge in [-0.05, 0) is 36.4 Å². The molecule has 2 nitrogen and oxygen atoms in total. The highest BCUT2D eigenvalue weighted by Crippen LogP contribution is 2.18. The van der Waals surface area contributed by atoms with Gasteiger partial charge < -0.3 is 4.57 Å². The molecule has 3 rings (SSSR count). The van der Waals surface area contributed by atoms with Gasteiger partial charge in [0.2, 0.25) is 0 Å². The fraction of sp³-hybridized carbons (Fsp3) is 0. The lowest BCUT2D eigenvalue weighted by Crippen LogP contribution is -1.90. The van der Waals surface area contributed by atoms with E-state index in [4.69, 9.17) is 0 Å². The fourth-order valence-electron chi connectivity index (χ4n) is 1.75. The topological polar surface area (TPSA) is 17.8 Å². The van der Waals surface area contributed by atoms with Crippen LogP contribution in [0.1, 0.15) is 0 Å². The number of hydrogen-bond donors (Lipinski definition) is 0. The van der Waals surface area contributed by atoms with E-state index in [0.717, 1.165) is 5.69 Å². The van der Waals surface area contributed by atoms with E-state index in [1.54, 1.807) is 12.4 Å². The molecule has 15 heavy (non-hydrogen) atoms. The third-order valence-corrected chi connectivity index (χ3v) is 2.48. The standard InChI is InChI=1S/C13H9N2/c1-2-4-13-11(3-1)7-10-15(13)12-5-8-14-9-6-12/h2-10H. The SMILES string of the molecule is [c]1ccc2c(c1)ccn2-c1ccncc1. The summed E-state index contributed by atoms with van der Waals surface area (Å²) in [6.45, 7) is 0. The van der Waals surface area contributed by atoms with E-state index < -0.39 is 0 Å². The zero-order chi connectivity index (χ0) is 10.1. The molecule has 0 saturated carbocycles. The van der Waals surface area contributed by atoms with E-state index in [1.807, 2.05) is 24.3 Å². The monoisotopic (exact) mass is 193 g/mol. The number of aromatic nitrogens is 2. The van der Waals surface area contributed by atoms with Crippen molar-refractivity contribution in [2.24, 2.45) is 0 Å². The Labute approximate surface area is 87.8 Å². The van der Waals surface area contributed by atoms with Gasteiger partial charge in [0, 0.05) is 29.7 Å². The van der Waals surface area contributed by atoms with E-state index in [-0.39, 0.29) is 0 Å². The first-order valence-corrected chi connectivity index (χ1v) is 4.83. The van der Waals surface area contributed by atoms with Crippen molar-refractivity contribution in [2.45, 2.75) is 0 Å². The summed E-state index contributed by atoms with van der Waals surface area (Å²) in [4.78, 5) is 4.02. The van der Waals surface area contributed by atoms with Crippen molar-refractivity contribution in [3.63, 3.8) is 0 Å². The highest BCUT2D eigenvalue weighted by atomic mass is 15.0. The summed E-state index contributed by atoms with van der Waals surface area (Å²) in [6.07, 6.45) is 5.67. The van der Waals surface area contributed by atoms with Crippen LogP contribution in [0.2, 0.25) is 0 Å². The maximum Gasteiger partial charge on any atom is 0.0528 e. The molecule has 71 valence electrons. The molecule has 0 aliphatic rings. The number of rotatable bonds is 1. The van der Waals surface area contributed by atoms with Crippen LogP contribution >= 0.6 is 0 Å². The number of nitrogens with zero attached hydrogens (tertiary/aromatic N) is 2. The molecule has 0 atom stereocenters. The Bertz CT molecular complexity index is 582. The van der Waals surface area contributed by atoms with Crippen molar-refractivity contribution >= 4 is 10.9 Å². The van der Waals surface area contributed by atoms with E-state index in [1.165, 1.54) is 10.9 Å². The van der Waals surface area contributed by atoms with Gasteiger partial charge in [-0.2, -0.15) is 0 Å². The molecule has 0 spiro atoms. The van der Waals surface area contributed by atoms with Crippen LogP contribution in [0, 0.1) is 6.07 Å². The highest BCUT2D eigenvalue weighted by molar-refractivity contribution is 5.81. The van der Waals surface area contributed by atoms with Gasteiger partial charge in [-0.1, -0.05) is 6.07 Å². The Morgan fingerprint density at radius 1 is 1.07 bits per heavy atom. The van der Waals surface area contributed by atoms with Crippen LogP contribution in [-0.4, -0.2) is 9.55 Å². The lowest BCUT2D eigenvalue weighted by Gasteiger charge is -2.03. The number of benzene rings is 1. The van der Waals surface area contributed by atoms with Gasteiger partial charge in [0.25, 0.3) is 0 Å². The molecule has 1 aromatic carbocycles. The van der Waals surface area contributed by atoms with Crippen molar-refractivity contribution in [2.75, 3.05) is 0 Å². The molecular formula is C13H9N2. The molecule has 0 fully saturated rings. The van der Waals surface area contributed by atoms with Crippen LogP contribution in [0.3, 0.4) is 0 Å². The first-order valence-electron chi connectivity index (χ1n) is 4.83. The summed E-state index contributed by atoms with van der Waals surface area (Å²) in [7, 11) is 0. The number of pyridine rings is 1. The van der Waals surface area contributed by atoms with Gasteiger partial charge in [-0.3, -0.25) is 4.98 Å². The van der Waals surface area contributed by atoms with Crippen LogP contribution in [0.5, 0.6) is 0 Å². The summed E-state index contributed by atoms with van der Waals surface area (Å²) in [5.41, 5.74) is 2.33. The van der Waals surface area contributed by atoms with Gasteiger partial charge in [0.15, 0.2) is 0 Å². The molecule has 2 heteroatoms. The second-order valence-corrected chi connectivity index (χ2v) is 3.38. The van der Waals surface area contributed by atoms with Crippen LogP contribution in [0.25, 0.3) is 16.6 Å². The summed E-state index contributed by atoms with van der Waals surface area (Å²) < 4.78 is 2.14. The van der Waals surface area contributed by atoms with E-state index in [9.17, 15) is 0 Å². The fourth-order valence-corrected chi connectivity index (χ4v) is 1.75. The van der Waals surface area contributed by atoms with E-state index in [0.29, 0.717) is 0 Å². The second-order valence-electron chi connectivity index (χ2n) is 3.38. The lowest BCUT2D eigenvalue weighted by molar-refractivity contribution is 1.11. The number of hydrogen-bond acceptors (Lipinski definition) is 1. The zero-order valence-corrected chi connectivity index (χ0v) is 8.09. The Morgan fingerprint density at radius 2 is 1.93 bits per heavy atom. The minimum absolute atomic E-state index is 1.13. The second kappa shape index (κ2) is 3.24. The van der Waals surface area contributed by atoms with Gasteiger partial charge in [0.1, 0.15) is 0 Å². The van der Waals surface area contributed by atoms with Crippen LogP contribution in [0.15, 0.2) is 55.0 Å². The molecule has 0 aliphatic heterocycles. The Hall–Kier alpha value is -2.09. The van der Waals surface area contributed by atoms with Crippen molar-refractivity contribution in [3.8, 4) is 5.69 Å². The van der Waals surface area contributed by atoms with Crippen molar-refractivity contribution in [3.05, 3.63) is 61.1 Å². The van der Waals surface area contributed by atoms with Crippen LogP contribution in [0.4, 0.5) is 0 Å². The van der Waals surface area contributed by atoms with Crippen molar-refractivity contribution < 1.29 is 0 Å². The molecule has 1 radical (unpaired) electrons. The molecule has 0 N–H and O–H groups in total. The molecule has 0 unspecified atom stereocenters. The van der Waals surface area contributed by atoms with Crippen LogP contribution < -0.4 is 0 Å². The summed E-state index contributed by atoms with van der Waals surface area (Å²) >= 11 is 0. The molecule has 3 aromatic rings. The molecule has 2 aromatic heterocycles. The average Bonchev–Trinajstić information content (AvgIpc) is 2.74. The average molecular weight is 193 g/mol. The van der Waals surface area contributed by atoms with Gasteiger partial charge in [-0.25, -0.2) is 0 Å². The Morgan fingerprint density at radius 3 is 2.80 bits per heavy atom. The quantitative estimate of drug-likeness (QED) is 0.581. The Balaban J connectivity index is 2.28. The molecule has 0 saturated heterocycles. The van der Waals surface area contributed by atoms with E-state index >= 15 is 0 Å². The smallest absolute Gasteiger partial charge is 0.0528 e. The maximum atomic E-state index is 4.02. The molecule has 0 bridgehead atoms. The third kappa shape index (κ3) is 1.31.